The van der Waals surface area contributed by atoms with Gasteiger partial charge in [-0.05, 0) is 31.5 Å². The third kappa shape index (κ3) is 2.26. The largest absolute Gasteiger partial charge is 0.394 e. The molecule has 0 atom stereocenters. The van der Waals surface area contributed by atoms with Crippen molar-refractivity contribution in [2.75, 3.05) is 11.1 Å². The lowest BCUT2D eigenvalue weighted by atomic mass is 10.2. The summed E-state index contributed by atoms with van der Waals surface area (Å²) in [6.45, 7) is 3.75. The molecule has 1 aromatic heterocycles. The first kappa shape index (κ1) is 13.1. The van der Waals surface area contributed by atoms with Crippen LogP contribution in [0, 0.1) is 13.8 Å². The van der Waals surface area contributed by atoms with Gasteiger partial charge in [-0.1, -0.05) is 23.2 Å². The van der Waals surface area contributed by atoms with Crippen LogP contribution < -0.4 is 11.1 Å². The average Bonchev–Trinajstić information content (AvgIpc) is 2.52. The van der Waals surface area contributed by atoms with Crippen molar-refractivity contribution in [2.24, 2.45) is 7.05 Å². The number of aromatic nitrogens is 2. The molecule has 0 saturated carbocycles. The maximum atomic E-state index is 6.17. The number of nitrogen functional groups attached to an aromatic ring is 1. The van der Waals surface area contributed by atoms with Crippen molar-refractivity contribution in [1.82, 2.24) is 9.78 Å². The zero-order chi connectivity index (χ0) is 13.4. The van der Waals surface area contributed by atoms with Gasteiger partial charge in [0.25, 0.3) is 0 Å². The van der Waals surface area contributed by atoms with Crippen molar-refractivity contribution in [3.05, 3.63) is 33.4 Å². The van der Waals surface area contributed by atoms with Crippen LogP contribution in [0.25, 0.3) is 0 Å². The van der Waals surface area contributed by atoms with Gasteiger partial charge in [-0.2, -0.15) is 5.10 Å². The molecule has 18 heavy (non-hydrogen) atoms. The molecular formula is C12H14Cl2N4. The second-order valence-electron chi connectivity index (χ2n) is 4.18. The molecule has 1 aromatic carbocycles. The predicted octanol–water partition coefficient (Wildman–Crippen LogP) is 3.67. The first-order valence-electron chi connectivity index (χ1n) is 5.42. The number of aryl methyl sites for hydroxylation is 3. The second-order valence-corrected chi connectivity index (χ2v) is 4.99. The Hall–Kier alpha value is -1.39. The Morgan fingerprint density at radius 1 is 1.22 bits per heavy atom. The first-order valence-corrected chi connectivity index (χ1v) is 6.17. The Bertz CT molecular complexity index is 605. The maximum absolute atomic E-state index is 6.17. The average molecular weight is 285 g/mol. The number of hydrogen-bond donors (Lipinski definition) is 2. The minimum absolute atomic E-state index is 0.593. The molecule has 2 rings (SSSR count). The van der Waals surface area contributed by atoms with Crippen LogP contribution in [0.3, 0.4) is 0 Å². The first-order chi connectivity index (χ1) is 8.40. The zero-order valence-corrected chi connectivity index (χ0v) is 11.9. The van der Waals surface area contributed by atoms with Gasteiger partial charge in [-0.3, -0.25) is 4.68 Å². The Labute approximate surface area is 116 Å². The molecule has 0 aliphatic carbocycles. The molecule has 6 heteroatoms. The monoisotopic (exact) mass is 284 g/mol. The standard InChI is InChI=1S/C12H14Cl2N4/c1-6-4-9(14)10(5-8(6)13)16-12-11(15)7(2)17-18(12)3/h4-5,16H,15H2,1-3H3. The molecule has 0 radical (unpaired) electrons. The van der Waals surface area contributed by atoms with E-state index in [4.69, 9.17) is 28.9 Å². The minimum atomic E-state index is 0.593. The molecule has 2 aromatic rings. The van der Waals surface area contributed by atoms with Crippen LogP contribution >= 0.6 is 23.2 Å². The van der Waals surface area contributed by atoms with Crippen LogP contribution in [-0.2, 0) is 7.05 Å². The molecule has 0 aliphatic rings. The van der Waals surface area contributed by atoms with Crippen molar-refractivity contribution in [1.29, 1.82) is 0 Å². The van der Waals surface area contributed by atoms with Crippen molar-refractivity contribution in [3.8, 4) is 0 Å². The molecule has 0 aliphatic heterocycles. The molecule has 4 nitrogen and oxygen atoms in total. The third-order valence-corrected chi connectivity index (χ3v) is 3.49. The summed E-state index contributed by atoms with van der Waals surface area (Å²) in [6.07, 6.45) is 0. The lowest BCUT2D eigenvalue weighted by Crippen LogP contribution is -2.02. The number of nitrogens with two attached hydrogens (primary N) is 1. The molecular weight excluding hydrogens is 271 g/mol. The van der Waals surface area contributed by atoms with E-state index in [0.717, 1.165) is 11.3 Å². The predicted molar refractivity (Wildman–Crippen MR) is 76.8 cm³/mol. The molecule has 96 valence electrons. The highest BCUT2D eigenvalue weighted by Crippen LogP contribution is 2.33. The quantitative estimate of drug-likeness (QED) is 0.885. The van der Waals surface area contributed by atoms with Crippen LogP contribution in [0.5, 0.6) is 0 Å². The van der Waals surface area contributed by atoms with E-state index in [1.165, 1.54) is 0 Å². The van der Waals surface area contributed by atoms with E-state index in [9.17, 15) is 0 Å². The Morgan fingerprint density at radius 3 is 2.44 bits per heavy atom. The van der Waals surface area contributed by atoms with Gasteiger partial charge in [0.05, 0.1) is 22.1 Å². The van der Waals surface area contributed by atoms with Gasteiger partial charge >= 0.3 is 0 Å². The fourth-order valence-electron chi connectivity index (χ4n) is 1.69. The normalized spacial score (nSPS) is 10.7. The topological polar surface area (TPSA) is 55.9 Å². The van der Waals surface area contributed by atoms with Crippen molar-refractivity contribution >= 4 is 40.4 Å². The lowest BCUT2D eigenvalue weighted by Gasteiger charge is -2.11. The van der Waals surface area contributed by atoms with Gasteiger partial charge in [0.1, 0.15) is 0 Å². The minimum Gasteiger partial charge on any atom is -0.394 e. The highest BCUT2D eigenvalue weighted by molar-refractivity contribution is 6.35. The van der Waals surface area contributed by atoms with E-state index < -0.39 is 0 Å². The number of rotatable bonds is 2. The number of nitrogens with zero attached hydrogens (tertiary/aromatic N) is 2. The van der Waals surface area contributed by atoms with Crippen molar-refractivity contribution < 1.29 is 0 Å². The van der Waals surface area contributed by atoms with Gasteiger partial charge in [-0.15, -0.1) is 0 Å². The smallest absolute Gasteiger partial charge is 0.152 e. The zero-order valence-electron chi connectivity index (χ0n) is 10.4. The molecule has 0 spiro atoms. The molecule has 0 amide bonds. The highest BCUT2D eigenvalue weighted by Gasteiger charge is 2.12. The number of benzene rings is 1. The summed E-state index contributed by atoms with van der Waals surface area (Å²) in [4.78, 5) is 0. The van der Waals surface area contributed by atoms with Gasteiger partial charge in [0.2, 0.25) is 0 Å². The SMILES string of the molecule is Cc1cc(Cl)c(Nc2c(N)c(C)nn2C)cc1Cl. The molecule has 3 N–H and O–H groups in total. The summed E-state index contributed by atoms with van der Waals surface area (Å²) in [7, 11) is 1.81. The molecule has 0 fully saturated rings. The second kappa shape index (κ2) is 4.71. The Balaban J connectivity index is 2.43. The lowest BCUT2D eigenvalue weighted by molar-refractivity contribution is 0.765. The summed E-state index contributed by atoms with van der Waals surface area (Å²) in [5, 5.41) is 8.63. The van der Waals surface area contributed by atoms with E-state index >= 15 is 0 Å². The number of halogens is 2. The number of nitrogens with one attached hydrogen (secondary N) is 1. The van der Waals surface area contributed by atoms with E-state index in [1.807, 2.05) is 27.0 Å². The van der Waals surface area contributed by atoms with Crippen molar-refractivity contribution in [3.63, 3.8) is 0 Å². The molecule has 0 unspecified atom stereocenters. The van der Waals surface area contributed by atoms with Gasteiger partial charge in [-0.25, -0.2) is 0 Å². The van der Waals surface area contributed by atoms with Crippen LogP contribution in [0.15, 0.2) is 12.1 Å². The summed E-state index contributed by atoms with van der Waals surface area (Å²) in [5.41, 5.74) is 8.96. The van der Waals surface area contributed by atoms with E-state index in [-0.39, 0.29) is 0 Å². The number of anilines is 3. The van der Waals surface area contributed by atoms with Gasteiger partial charge < -0.3 is 11.1 Å². The summed E-state index contributed by atoms with van der Waals surface area (Å²) < 4.78 is 1.68. The van der Waals surface area contributed by atoms with Crippen LogP contribution in [-0.4, -0.2) is 9.78 Å². The van der Waals surface area contributed by atoms with Crippen LogP contribution in [0.2, 0.25) is 10.0 Å². The maximum Gasteiger partial charge on any atom is 0.152 e. The summed E-state index contributed by atoms with van der Waals surface area (Å²) in [5.74, 6) is 0.703. The van der Waals surface area contributed by atoms with Crippen LogP contribution in [0.1, 0.15) is 11.3 Å². The van der Waals surface area contributed by atoms with Crippen LogP contribution in [0.4, 0.5) is 17.2 Å². The molecule has 0 bridgehead atoms. The van der Waals surface area contributed by atoms with E-state index in [1.54, 1.807) is 10.7 Å². The fraction of sp³-hybridized carbons (Fsp3) is 0.250. The fourth-order valence-corrected chi connectivity index (χ4v) is 2.12. The summed E-state index contributed by atoms with van der Waals surface area (Å²) >= 11 is 12.3. The molecule has 1 heterocycles. The number of hydrogen-bond acceptors (Lipinski definition) is 3. The van der Waals surface area contributed by atoms with Crippen molar-refractivity contribution in [2.45, 2.75) is 13.8 Å². The Morgan fingerprint density at radius 2 is 1.89 bits per heavy atom. The highest BCUT2D eigenvalue weighted by atomic mass is 35.5. The van der Waals surface area contributed by atoms with E-state index in [2.05, 4.69) is 10.4 Å². The van der Waals surface area contributed by atoms with E-state index in [0.29, 0.717) is 27.2 Å². The third-order valence-electron chi connectivity index (χ3n) is 2.77. The summed E-state index contributed by atoms with van der Waals surface area (Å²) in [6, 6.07) is 3.59. The van der Waals surface area contributed by atoms with Gasteiger partial charge in [0, 0.05) is 12.1 Å². The molecule has 0 saturated heterocycles. The Kier molecular flexibility index (Phi) is 3.41. The van der Waals surface area contributed by atoms with Gasteiger partial charge in [0.15, 0.2) is 5.82 Å².